The fraction of sp³-hybridized carbons (Fsp3) is 0.571. The molecule has 1 amide bonds. The number of aromatic carboxylic acids is 1. The largest absolute Gasteiger partial charge is 0.475 e. The van der Waals surface area contributed by atoms with Gasteiger partial charge in [0.1, 0.15) is 0 Å². The number of carbonyl (C=O) groups is 2. The molecule has 6 nitrogen and oxygen atoms in total. The molecular formula is C14H19NO5. The lowest BCUT2D eigenvalue weighted by atomic mass is 9.56. The van der Waals surface area contributed by atoms with Gasteiger partial charge in [-0.2, -0.15) is 0 Å². The van der Waals surface area contributed by atoms with E-state index in [-0.39, 0.29) is 28.6 Å². The van der Waals surface area contributed by atoms with Crippen LogP contribution in [-0.4, -0.2) is 35.7 Å². The standard InChI is InChI=1S/C14H19NO5/c1-13(2)10(7-14(13,3)19-4)15-11(16)8-5-6-9(20-8)12(17)18/h5-6,10H,7H2,1-4H3,(H,15,16)(H,17,18)/t10-,14-/m0/s1. The maximum Gasteiger partial charge on any atom is 0.371 e. The van der Waals surface area contributed by atoms with E-state index in [4.69, 9.17) is 14.3 Å². The lowest BCUT2D eigenvalue weighted by Crippen LogP contribution is -2.68. The average molecular weight is 281 g/mol. The van der Waals surface area contributed by atoms with E-state index in [0.717, 1.165) is 0 Å². The minimum absolute atomic E-state index is 0.00391. The van der Waals surface area contributed by atoms with Gasteiger partial charge < -0.3 is 19.6 Å². The second-order valence-electron chi connectivity index (χ2n) is 5.86. The summed E-state index contributed by atoms with van der Waals surface area (Å²) in [6, 6.07) is 2.58. The fourth-order valence-corrected chi connectivity index (χ4v) is 2.53. The molecule has 1 saturated carbocycles. The van der Waals surface area contributed by atoms with Crippen molar-refractivity contribution in [3.63, 3.8) is 0 Å². The second kappa shape index (κ2) is 4.63. The van der Waals surface area contributed by atoms with Gasteiger partial charge in [-0.3, -0.25) is 4.79 Å². The molecule has 0 saturated heterocycles. The van der Waals surface area contributed by atoms with E-state index in [1.807, 2.05) is 20.8 Å². The van der Waals surface area contributed by atoms with Crippen LogP contribution in [0.3, 0.4) is 0 Å². The van der Waals surface area contributed by atoms with Gasteiger partial charge in [0.15, 0.2) is 5.76 Å². The van der Waals surface area contributed by atoms with Crippen LogP contribution >= 0.6 is 0 Å². The van der Waals surface area contributed by atoms with E-state index in [1.165, 1.54) is 12.1 Å². The van der Waals surface area contributed by atoms with E-state index in [0.29, 0.717) is 6.42 Å². The van der Waals surface area contributed by atoms with Crippen LogP contribution in [-0.2, 0) is 4.74 Å². The summed E-state index contributed by atoms with van der Waals surface area (Å²) in [4.78, 5) is 22.7. The van der Waals surface area contributed by atoms with Crippen LogP contribution in [0.25, 0.3) is 0 Å². The van der Waals surface area contributed by atoms with E-state index >= 15 is 0 Å². The predicted molar refractivity (Wildman–Crippen MR) is 70.7 cm³/mol. The lowest BCUT2D eigenvalue weighted by Gasteiger charge is -2.59. The minimum Gasteiger partial charge on any atom is -0.475 e. The summed E-state index contributed by atoms with van der Waals surface area (Å²) < 4.78 is 10.5. The second-order valence-corrected chi connectivity index (χ2v) is 5.86. The zero-order valence-corrected chi connectivity index (χ0v) is 12.0. The van der Waals surface area contributed by atoms with Gasteiger partial charge in [-0.1, -0.05) is 13.8 Å². The Balaban J connectivity index is 2.04. The topological polar surface area (TPSA) is 88.8 Å². The summed E-state index contributed by atoms with van der Waals surface area (Å²) in [6.45, 7) is 6.05. The monoisotopic (exact) mass is 281 g/mol. The summed E-state index contributed by atoms with van der Waals surface area (Å²) in [7, 11) is 1.66. The van der Waals surface area contributed by atoms with Crippen molar-refractivity contribution in [1.29, 1.82) is 0 Å². The van der Waals surface area contributed by atoms with E-state index in [9.17, 15) is 9.59 Å². The molecule has 0 unspecified atom stereocenters. The van der Waals surface area contributed by atoms with Crippen LogP contribution in [0.2, 0.25) is 0 Å². The number of furan rings is 1. The maximum atomic E-state index is 12.0. The van der Waals surface area contributed by atoms with E-state index < -0.39 is 11.9 Å². The number of amides is 1. The number of carbonyl (C=O) groups excluding carboxylic acids is 1. The van der Waals surface area contributed by atoms with Gasteiger partial charge in [-0.05, 0) is 25.5 Å². The van der Waals surface area contributed by atoms with Gasteiger partial charge in [0, 0.05) is 18.6 Å². The third-order valence-electron chi connectivity index (χ3n) is 4.62. The van der Waals surface area contributed by atoms with Crippen molar-refractivity contribution in [1.82, 2.24) is 5.32 Å². The molecule has 2 atom stereocenters. The molecule has 6 heteroatoms. The number of hydrogen-bond donors (Lipinski definition) is 2. The van der Waals surface area contributed by atoms with Gasteiger partial charge >= 0.3 is 5.97 Å². The Labute approximate surface area is 117 Å². The molecule has 0 aliphatic heterocycles. The normalized spacial score (nSPS) is 27.7. The molecule has 0 aromatic carbocycles. The zero-order valence-electron chi connectivity index (χ0n) is 12.0. The van der Waals surface area contributed by atoms with Gasteiger partial charge in [0.25, 0.3) is 5.91 Å². The Morgan fingerprint density at radius 1 is 1.35 bits per heavy atom. The highest BCUT2D eigenvalue weighted by Crippen LogP contribution is 2.51. The molecule has 1 heterocycles. The smallest absolute Gasteiger partial charge is 0.371 e. The summed E-state index contributed by atoms with van der Waals surface area (Å²) in [6.07, 6.45) is 0.703. The Kier molecular flexibility index (Phi) is 3.37. The molecule has 0 radical (unpaired) electrons. The van der Waals surface area contributed by atoms with Gasteiger partial charge in [-0.25, -0.2) is 4.79 Å². The highest BCUT2D eigenvalue weighted by Gasteiger charge is 2.58. The number of ether oxygens (including phenoxy) is 1. The molecule has 2 rings (SSSR count). The fourth-order valence-electron chi connectivity index (χ4n) is 2.53. The first kappa shape index (κ1) is 14.6. The molecule has 1 aliphatic carbocycles. The summed E-state index contributed by atoms with van der Waals surface area (Å²) in [5.41, 5.74) is -0.486. The molecule has 110 valence electrons. The first-order chi connectivity index (χ1) is 9.21. The van der Waals surface area contributed by atoms with Crippen LogP contribution < -0.4 is 5.32 Å². The molecule has 1 aliphatic rings. The highest BCUT2D eigenvalue weighted by molar-refractivity contribution is 5.93. The van der Waals surface area contributed by atoms with Crippen molar-refractivity contribution in [3.05, 3.63) is 23.7 Å². The molecule has 2 N–H and O–H groups in total. The highest BCUT2D eigenvalue weighted by atomic mass is 16.5. The average Bonchev–Trinajstić information content (AvgIpc) is 2.87. The van der Waals surface area contributed by atoms with Crippen LogP contribution in [0.4, 0.5) is 0 Å². The third kappa shape index (κ3) is 2.10. The quantitative estimate of drug-likeness (QED) is 0.880. The van der Waals surface area contributed by atoms with Crippen LogP contribution in [0, 0.1) is 5.41 Å². The molecular weight excluding hydrogens is 262 g/mol. The lowest BCUT2D eigenvalue weighted by molar-refractivity contribution is -0.177. The van der Waals surface area contributed by atoms with E-state index in [1.54, 1.807) is 7.11 Å². The Morgan fingerprint density at radius 3 is 2.40 bits per heavy atom. The first-order valence-electron chi connectivity index (χ1n) is 6.40. The first-order valence-corrected chi connectivity index (χ1v) is 6.40. The van der Waals surface area contributed by atoms with Crippen molar-refractivity contribution in [3.8, 4) is 0 Å². The van der Waals surface area contributed by atoms with Crippen molar-refractivity contribution < 1.29 is 23.8 Å². The number of hydrogen-bond acceptors (Lipinski definition) is 4. The number of nitrogens with one attached hydrogen (secondary N) is 1. The number of carboxylic acid groups (broad SMARTS) is 1. The van der Waals surface area contributed by atoms with Crippen LogP contribution in [0.1, 0.15) is 48.3 Å². The van der Waals surface area contributed by atoms with Crippen LogP contribution in [0.15, 0.2) is 16.5 Å². The van der Waals surface area contributed by atoms with E-state index in [2.05, 4.69) is 5.32 Å². The summed E-state index contributed by atoms with van der Waals surface area (Å²) >= 11 is 0. The van der Waals surface area contributed by atoms with Crippen molar-refractivity contribution >= 4 is 11.9 Å². The minimum atomic E-state index is -1.19. The van der Waals surface area contributed by atoms with Crippen molar-refractivity contribution in [2.45, 2.75) is 38.8 Å². The van der Waals surface area contributed by atoms with Crippen LogP contribution in [0.5, 0.6) is 0 Å². The Morgan fingerprint density at radius 2 is 1.95 bits per heavy atom. The van der Waals surface area contributed by atoms with Gasteiger partial charge in [0.2, 0.25) is 5.76 Å². The SMILES string of the molecule is CO[C@@]1(C)C[C@H](NC(=O)c2ccc(C(=O)O)o2)C1(C)C. The number of carboxylic acids is 1. The Hall–Kier alpha value is -1.82. The van der Waals surface area contributed by atoms with Crippen molar-refractivity contribution in [2.24, 2.45) is 5.41 Å². The predicted octanol–water partition coefficient (Wildman–Crippen LogP) is 1.91. The summed E-state index contributed by atoms with van der Waals surface area (Å²) in [5.74, 6) is -1.84. The molecule has 1 fully saturated rings. The molecule has 0 bridgehead atoms. The zero-order chi connectivity index (χ0) is 15.1. The number of methoxy groups -OCH3 is 1. The van der Waals surface area contributed by atoms with Gasteiger partial charge in [-0.15, -0.1) is 0 Å². The summed E-state index contributed by atoms with van der Waals surface area (Å²) in [5, 5.41) is 11.6. The molecule has 20 heavy (non-hydrogen) atoms. The molecule has 0 spiro atoms. The Bertz CT molecular complexity index is 548. The number of rotatable bonds is 4. The van der Waals surface area contributed by atoms with Crippen molar-refractivity contribution in [2.75, 3.05) is 7.11 Å². The van der Waals surface area contributed by atoms with Gasteiger partial charge in [0.05, 0.1) is 5.60 Å². The molecule has 1 aromatic heterocycles. The molecule has 1 aromatic rings. The maximum absolute atomic E-state index is 12.0. The third-order valence-corrected chi connectivity index (χ3v) is 4.62.